The molecule has 1 aliphatic rings. The fourth-order valence-corrected chi connectivity index (χ4v) is 3.17. The predicted molar refractivity (Wildman–Crippen MR) is 101 cm³/mol. The Morgan fingerprint density at radius 3 is 2.96 bits per heavy atom. The average molecular weight is 354 g/mol. The summed E-state index contributed by atoms with van der Waals surface area (Å²) in [6, 6.07) is 7.33. The molecule has 6 nitrogen and oxygen atoms in total. The van der Waals surface area contributed by atoms with E-state index in [9.17, 15) is 9.59 Å². The third-order valence-electron chi connectivity index (χ3n) is 4.82. The lowest BCUT2D eigenvalue weighted by Crippen LogP contribution is -2.36. The Kier molecular flexibility index (Phi) is 5.81. The summed E-state index contributed by atoms with van der Waals surface area (Å²) in [5.41, 5.74) is 0.930. The maximum atomic E-state index is 12.5. The van der Waals surface area contributed by atoms with Crippen LogP contribution < -0.4 is 5.32 Å². The molecule has 26 heavy (non-hydrogen) atoms. The molecule has 6 heteroatoms. The number of hydrogen-bond acceptors (Lipinski definition) is 4. The van der Waals surface area contributed by atoms with E-state index in [1.807, 2.05) is 23.1 Å². The van der Waals surface area contributed by atoms with Crippen molar-refractivity contribution in [1.82, 2.24) is 20.2 Å². The van der Waals surface area contributed by atoms with Gasteiger partial charge in [0.15, 0.2) is 5.65 Å². The van der Waals surface area contributed by atoms with Crippen molar-refractivity contribution in [1.29, 1.82) is 0 Å². The molecule has 3 rings (SSSR count). The molecule has 2 amide bonds. The first kappa shape index (κ1) is 18.3. The van der Waals surface area contributed by atoms with Crippen LogP contribution in [0.3, 0.4) is 0 Å². The molecule has 1 fully saturated rings. The Bertz CT molecular complexity index is 790. The van der Waals surface area contributed by atoms with Crippen molar-refractivity contribution in [2.24, 2.45) is 5.92 Å². The molecular weight excluding hydrogens is 328 g/mol. The van der Waals surface area contributed by atoms with E-state index in [4.69, 9.17) is 0 Å². The van der Waals surface area contributed by atoms with Gasteiger partial charge in [-0.05, 0) is 49.4 Å². The highest BCUT2D eigenvalue weighted by molar-refractivity contribution is 5.94. The Labute approximate surface area is 154 Å². The molecule has 1 saturated heterocycles. The van der Waals surface area contributed by atoms with E-state index in [0.29, 0.717) is 36.6 Å². The van der Waals surface area contributed by atoms with Crippen molar-refractivity contribution >= 4 is 22.8 Å². The molecule has 0 saturated carbocycles. The minimum atomic E-state index is -0.203. The van der Waals surface area contributed by atoms with Crippen LogP contribution in [0.15, 0.2) is 30.5 Å². The van der Waals surface area contributed by atoms with Gasteiger partial charge in [-0.25, -0.2) is 9.97 Å². The molecule has 138 valence electrons. The minimum absolute atomic E-state index is 0.00303. The SMILES string of the molecule is CC(C)CCN1CCC(NC(=O)c2ccc3cccnc3n2)CCC1=O. The summed E-state index contributed by atoms with van der Waals surface area (Å²) in [5, 5.41) is 3.95. The number of fused-ring (bicyclic) bond motifs is 1. The van der Waals surface area contributed by atoms with Gasteiger partial charge >= 0.3 is 0 Å². The number of carbonyl (C=O) groups is 2. The lowest BCUT2D eigenvalue weighted by atomic mass is 10.1. The van der Waals surface area contributed by atoms with Gasteiger partial charge in [-0.15, -0.1) is 0 Å². The third kappa shape index (κ3) is 4.56. The molecule has 2 aromatic rings. The number of nitrogens with one attached hydrogen (secondary N) is 1. The third-order valence-corrected chi connectivity index (χ3v) is 4.82. The van der Waals surface area contributed by atoms with E-state index in [1.54, 1.807) is 12.3 Å². The molecule has 0 aliphatic carbocycles. The number of amides is 2. The molecule has 0 bridgehead atoms. The molecule has 1 N–H and O–H groups in total. The largest absolute Gasteiger partial charge is 0.348 e. The Morgan fingerprint density at radius 2 is 2.15 bits per heavy atom. The van der Waals surface area contributed by atoms with Crippen molar-refractivity contribution in [3.8, 4) is 0 Å². The van der Waals surface area contributed by atoms with Gasteiger partial charge in [0, 0.05) is 37.1 Å². The Hall–Kier alpha value is -2.50. The number of carbonyl (C=O) groups excluding carboxylic acids is 2. The van der Waals surface area contributed by atoms with Crippen LogP contribution in [0.4, 0.5) is 0 Å². The predicted octanol–water partition coefficient (Wildman–Crippen LogP) is 2.79. The average Bonchev–Trinajstić information content (AvgIpc) is 2.81. The fourth-order valence-electron chi connectivity index (χ4n) is 3.17. The quantitative estimate of drug-likeness (QED) is 0.896. The van der Waals surface area contributed by atoms with Crippen LogP contribution in [0.5, 0.6) is 0 Å². The standard InChI is InChI=1S/C20H26N4O2/c1-14(2)9-12-24-13-10-16(6-8-18(24)25)22-20(26)17-7-5-15-4-3-11-21-19(15)23-17/h3-5,7,11,14,16H,6,8-10,12-13H2,1-2H3,(H,22,26). The number of rotatable bonds is 5. The summed E-state index contributed by atoms with van der Waals surface area (Å²) in [4.78, 5) is 35.3. The summed E-state index contributed by atoms with van der Waals surface area (Å²) in [6.07, 6.45) is 4.61. The molecule has 1 atom stereocenters. The van der Waals surface area contributed by atoms with Crippen LogP contribution >= 0.6 is 0 Å². The van der Waals surface area contributed by atoms with Crippen LogP contribution in [-0.4, -0.2) is 45.8 Å². The number of likely N-dealkylation sites (tertiary alicyclic amines) is 1. The van der Waals surface area contributed by atoms with Gasteiger partial charge < -0.3 is 10.2 Å². The number of hydrogen-bond donors (Lipinski definition) is 1. The zero-order chi connectivity index (χ0) is 18.5. The van der Waals surface area contributed by atoms with Crippen LogP contribution in [0.1, 0.15) is 50.0 Å². The minimum Gasteiger partial charge on any atom is -0.348 e. The van der Waals surface area contributed by atoms with E-state index < -0.39 is 0 Å². The fraction of sp³-hybridized carbons (Fsp3) is 0.500. The highest BCUT2D eigenvalue weighted by Gasteiger charge is 2.24. The van der Waals surface area contributed by atoms with E-state index in [0.717, 1.165) is 24.8 Å². The second kappa shape index (κ2) is 8.25. The second-order valence-corrected chi connectivity index (χ2v) is 7.31. The lowest BCUT2D eigenvalue weighted by molar-refractivity contribution is -0.130. The van der Waals surface area contributed by atoms with Crippen LogP contribution in [0.2, 0.25) is 0 Å². The van der Waals surface area contributed by atoms with E-state index in [-0.39, 0.29) is 17.9 Å². The van der Waals surface area contributed by atoms with Crippen LogP contribution in [0.25, 0.3) is 11.0 Å². The maximum absolute atomic E-state index is 12.5. The van der Waals surface area contributed by atoms with Crippen molar-refractivity contribution < 1.29 is 9.59 Å². The van der Waals surface area contributed by atoms with Crippen molar-refractivity contribution in [3.05, 3.63) is 36.2 Å². The number of nitrogens with zero attached hydrogens (tertiary/aromatic N) is 3. The number of aromatic nitrogens is 2. The molecular formula is C20H26N4O2. The lowest BCUT2D eigenvalue weighted by Gasteiger charge is -2.22. The molecule has 1 aliphatic heterocycles. The summed E-state index contributed by atoms with van der Waals surface area (Å²) >= 11 is 0. The van der Waals surface area contributed by atoms with Crippen LogP contribution in [-0.2, 0) is 4.79 Å². The van der Waals surface area contributed by atoms with Gasteiger partial charge in [0.2, 0.25) is 5.91 Å². The van der Waals surface area contributed by atoms with Gasteiger partial charge in [0.25, 0.3) is 5.91 Å². The zero-order valence-electron chi connectivity index (χ0n) is 15.4. The van der Waals surface area contributed by atoms with Crippen molar-refractivity contribution in [2.45, 2.75) is 45.6 Å². The molecule has 0 aromatic carbocycles. The molecule has 1 unspecified atom stereocenters. The first-order valence-electron chi connectivity index (χ1n) is 9.33. The van der Waals surface area contributed by atoms with E-state index in [1.165, 1.54) is 0 Å². The smallest absolute Gasteiger partial charge is 0.270 e. The summed E-state index contributed by atoms with van der Waals surface area (Å²) in [7, 11) is 0. The Morgan fingerprint density at radius 1 is 1.31 bits per heavy atom. The summed E-state index contributed by atoms with van der Waals surface area (Å²) in [5.74, 6) is 0.565. The van der Waals surface area contributed by atoms with E-state index in [2.05, 4.69) is 29.1 Å². The van der Waals surface area contributed by atoms with Gasteiger partial charge in [0.05, 0.1) is 0 Å². The highest BCUT2D eigenvalue weighted by atomic mass is 16.2. The number of pyridine rings is 2. The van der Waals surface area contributed by atoms with Gasteiger partial charge in [-0.2, -0.15) is 0 Å². The zero-order valence-corrected chi connectivity index (χ0v) is 15.4. The Balaban J connectivity index is 1.61. The van der Waals surface area contributed by atoms with Gasteiger partial charge in [-0.3, -0.25) is 9.59 Å². The maximum Gasteiger partial charge on any atom is 0.270 e. The van der Waals surface area contributed by atoms with Crippen LogP contribution in [0, 0.1) is 5.92 Å². The monoisotopic (exact) mass is 354 g/mol. The summed E-state index contributed by atoms with van der Waals surface area (Å²) in [6.45, 7) is 5.83. The van der Waals surface area contributed by atoms with E-state index >= 15 is 0 Å². The first-order chi connectivity index (χ1) is 12.5. The topological polar surface area (TPSA) is 75.2 Å². The molecule has 2 aromatic heterocycles. The molecule has 0 radical (unpaired) electrons. The van der Waals surface area contributed by atoms with Crippen molar-refractivity contribution in [3.63, 3.8) is 0 Å². The van der Waals surface area contributed by atoms with Crippen molar-refractivity contribution in [2.75, 3.05) is 13.1 Å². The summed E-state index contributed by atoms with van der Waals surface area (Å²) < 4.78 is 0. The molecule has 0 spiro atoms. The van der Waals surface area contributed by atoms with Gasteiger partial charge in [0.1, 0.15) is 5.69 Å². The molecule has 3 heterocycles. The normalized spacial score (nSPS) is 18.2. The second-order valence-electron chi connectivity index (χ2n) is 7.31. The van der Waals surface area contributed by atoms with Gasteiger partial charge in [-0.1, -0.05) is 13.8 Å². The first-order valence-corrected chi connectivity index (χ1v) is 9.33. The highest BCUT2D eigenvalue weighted by Crippen LogP contribution is 2.15.